The maximum Gasteiger partial charge on any atom is 0.317 e. The van der Waals surface area contributed by atoms with Crippen molar-refractivity contribution < 1.29 is 18.4 Å². The van der Waals surface area contributed by atoms with Crippen LogP contribution in [0.5, 0.6) is 0 Å². The van der Waals surface area contributed by atoms with Gasteiger partial charge in [-0.05, 0) is 29.8 Å². The maximum atomic E-state index is 12.2. The number of rotatable bonds is 5. The minimum atomic E-state index is -3.25. The van der Waals surface area contributed by atoms with Crippen LogP contribution in [0.1, 0.15) is 15.9 Å². The van der Waals surface area contributed by atoms with Gasteiger partial charge < -0.3 is 5.73 Å². The van der Waals surface area contributed by atoms with Gasteiger partial charge in [0.15, 0.2) is 5.13 Å². The van der Waals surface area contributed by atoms with Crippen molar-refractivity contribution in [2.24, 2.45) is 0 Å². The summed E-state index contributed by atoms with van der Waals surface area (Å²) in [5.41, 5.74) is 12.3. The Kier molecular flexibility index (Phi) is 5.97. The molecule has 2 amide bonds. The lowest BCUT2D eigenvalue weighted by molar-refractivity contribution is -0.132. The van der Waals surface area contributed by atoms with Crippen LogP contribution in [0, 0.1) is 0 Å². The molecule has 4 aromatic rings. The molecule has 0 unspecified atom stereocenters. The number of alkyl halides is 2. The van der Waals surface area contributed by atoms with Crippen LogP contribution in [0.25, 0.3) is 21.5 Å². The Labute approximate surface area is 188 Å². The van der Waals surface area contributed by atoms with Crippen LogP contribution in [0.2, 0.25) is 5.02 Å². The summed E-state index contributed by atoms with van der Waals surface area (Å²) in [5, 5.41) is 8.88. The molecule has 9 nitrogen and oxygen atoms in total. The molecule has 13 heteroatoms. The number of halogens is 3. The highest BCUT2D eigenvalue weighted by molar-refractivity contribution is 7.22. The van der Waals surface area contributed by atoms with Crippen molar-refractivity contribution in [3.63, 3.8) is 0 Å². The Bertz CT molecular complexity index is 1320. The van der Waals surface area contributed by atoms with Gasteiger partial charge in [-0.15, -0.1) is 5.10 Å². The topological polar surface area (TPSA) is 128 Å². The smallest absolute Gasteiger partial charge is 0.317 e. The van der Waals surface area contributed by atoms with Crippen LogP contribution in [0.15, 0.2) is 42.6 Å². The minimum absolute atomic E-state index is 0.0152. The lowest BCUT2D eigenvalue weighted by atomic mass is 10.1. The van der Waals surface area contributed by atoms with Crippen LogP contribution in [-0.4, -0.2) is 38.2 Å². The molecule has 2 aromatic carbocycles. The lowest BCUT2D eigenvalue weighted by Crippen LogP contribution is -2.44. The zero-order valence-electron chi connectivity index (χ0n) is 16.1. The van der Waals surface area contributed by atoms with E-state index in [1.165, 1.54) is 17.4 Å². The summed E-state index contributed by atoms with van der Waals surface area (Å²) in [7, 11) is 0. The van der Waals surface area contributed by atoms with Gasteiger partial charge in [0.25, 0.3) is 5.91 Å². The maximum absolute atomic E-state index is 12.2. The normalized spacial score (nSPS) is 11.1. The SMILES string of the molecule is Nc1nc2ccc(-c3cn(Cc4ccc(C(=O)NNC(=O)C(F)F)c(Cl)c4)nn3)cc2s1. The number of benzene rings is 2. The fourth-order valence-corrected chi connectivity index (χ4v) is 3.94. The number of aromatic nitrogens is 4. The largest absolute Gasteiger partial charge is 0.375 e. The summed E-state index contributed by atoms with van der Waals surface area (Å²) in [5.74, 6) is -2.44. The molecule has 4 rings (SSSR count). The fourth-order valence-electron chi connectivity index (χ4n) is 2.88. The number of thiazole rings is 1. The van der Waals surface area contributed by atoms with E-state index < -0.39 is 18.2 Å². The highest BCUT2D eigenvalue weighted by Gasteiger charge is 2.17. The Hall–Kier alpha value is -3.64. The van der Waals surface area contributed by atoms with Crippen LogP contribution in [0.3, 0.4) is 0 Å². The van der Waals surface area contributed by atoms with Gasteiger partial charge >= 0.3 is 12.3 Å². The molecule has 0 fully saturated rings. The van der Waals surface area contributed by atoms with Gasteiger partial charge in [0.1, 0.15) is 5.69 Å². The molecular formula is C19H14ClF2N7O2S. The molecule has 164 valence electrons. The summed E-state index contributed by atoms with van der Waals surface area (Å²) < 4.78 is 26.9. The highest BCUT2D eigenvalue weighted by atomic mass is 35.5. The number of anilines is 1. The number of carbonyl (C=O) groups is 2. The van der Waals surface area contributed by atoms with Crippen LogP contribution >= 0.6 is 22.9 Å². The number of nitrogens with zero attached hydrogens (tertiary/aromatic N) is 4. The average Bonchev–Trinajstić information content (AvgIpc) is 3.36. The number of hydrogen-bond donors (Lipinski definition) is 3. The summed E-state index contributed by atoms with van der Waals surface area (Å²) >= 11 is 7.53. The number of nitrogen functional groups attached to an aromatic ring is 1. The lowest BCUT2D eigenvalue weighted by Gasteiger charge is -2.09. The van der Waals surface area contributed by atoms with Crippen LogP contribution in [0.4, 0.5) is 13.9 Å². The number of amides is 2. The van der Waals surface area contributed by atoms with E-state index in [-0.39, 0.29) is 10.6 Å². The van der Waals surface area contributed by atoms with E-state index in [0.717, 1.165) is 21.3 Å². The molecule has 0 radical (unpaired) electrons. The number of hydrogen-bond acceptors (Lipinski definition) is 7. The Balaban J connectivity index is 1.45. The predicted molar refractivity (Wildman–Crippen MR) is 115 cm³/mol. The number of carbonyl (C=O) groups excluding carboxylic acids is 2. The van der Waals surface area contributed by atoms with Crippen molar-refractivity contribution >= 4 is 50.1 Å². The zero-order chi connectivity index (χ0) is 22.8. The Morgan fingerprint density at radius 3 is 2.75 bits per heavy atom. The first-order chi connectivity index (χ1) is 15.3. The molecule has 4 N–H and O–H groups in total. The van der Waals surface area contributed by atoms with Crippen molar-refractivity contribution in [2.75, 3.05) is 5.73 Å². The minimum Gasteiger partial charge on any atom is -0.375 e. The summed E-state index contributed by atoms with van der Waals surface area (Å²) in [4.78, 5) is 27.1. The summed E-state index contributed by atoms with van der Waals surface area (Å²) in [6.45, 7) is 0.326. The third-order valence-electron chi connectivity index (χ3n) is 4.36. The van der Waals surface area contributed by atoms with E-state index in [4.69, 9.17) is 17.3 Å². The highest BCUT2D eigenvalue weighted by Crippen LogP contribution is 2.28. The van der Waals surface area contributed by atoms with E-state index in [0.29, 0.717) is 17.4 Å². The Morgan fingerprint density at radius 2 is 2.00 bits per heavy atom. The van der Waals surface area contributed by atoms with E-state index in [1.54, 1.807) is 28.4 Å². The average molecular weight is 478 g/mol. The molecule has 0 aliphatic rings. The summed E-state index contributed by atoms with van der Waals surface area (Å²) in [6, 6.07) is 10.3. The van der Waals surface area contributed by atoms with Gasteiger partial charge in [-0.25, -0.2) is 9.67 Å². The fraction of sp³-hybridized carbons (Fsp3) is 0.105. The van der Waals surface area contributed by atoms with E-state index in [9.17, 15) is 18.4 Å². The van der Waals surface area contributed by atoms with Gasteiger partial charge in [0.05, 0.1) is 33.5 Å². The van der Waals surface area contributed by atoms with E-state index in [1.807, 2.05) is 23.6 Å². The van der Waals surface area contributed by atoms with Crippen molar-refractivity contribution in [3.8, 4) is 11.3 Å². The second-order valence-electron chi connectivity index (χ2n) is 6.59. The summed E-state index contributed by atoms with van der Waals surface area (Å²) in [6.07, 6.45) is -1.48. The van der Waals surface area contributed by atoms with E-state index >= 15 is 0 Å². The monoisotopic (exact) mass is 477 g/mol. The second kappa shape index (κ2) is 8.85. The van der Waals surface area contributed by atoms with Gasteiger partial charge in [-0.2, -0.15) is 8.78 Å². The third kappa shape index (κ3) is 4.65. The van der Waals surface area contributed by atoms with Gasteiger partial charge in [0, 0.05) is 5.56 Å². The molecular weight excluding hydrogens is 464 g/mol. The number of fused-ring (bicyclic) bond motifs is 1. The third-order valence-corrected chi connectivity index (χ3v) is 5.52. The Morgan fingerprint density at radius 1 is 1.19 bits per heavy atom. The number of hydrazine groups is 1. The molecule has 0 atom stereocenters. The molecule has 2 heterocycles. The zero-order valence-corrected chi connectivity index (χ0v) is 17.6. The molecule has 0 aliphatic heterocycles. The first-order valence-corrected chi connectivity index (χ1v) is 10.2. The van der Waals surface area contributed by atoms with Crippen molar-refractivity contribution in [2.45, 2.75) is 13.0 Å². The van der Waals surface area contributed by atoms with Crippen LogP contribution in [-0.2, 0) is 11.3 Å². The van der Waals surface area contributed by atoms with E-state index in [2.05, 4.69) is 15.3 Å². The van der Waals surface area contributed by atoms with Gasteiger partial charge in [0.2, 0.25) is 0 Å². The van der Waals surface area contributed by atoms with Gasteiger partial charge in [-0.3, -0.25) is 20.4 Å². The second-order valence-corrected chi connectivity index (χ2v) is 8.06. The van der Waals surface area contributed by atoms with Crippen molar-refractivity contribution in [1.82, 2.24) is 30.8 Å². The van der Waals surface area contributed by atoms with Gasteiger partial charge in [-0.1, -0.05) is 40.3 Å². The first kappa shape index (κ1) is 21.6. The standard InChI is InChI=1S/C19H14ClF2N7O2S/c20-12-5-9(1-3-11(12)17(30)26-27-18(31)16(21)22)7-29-8-14(25-28-29)10-2-4-13-15(6-10)32-19(23)24-13/h1-6,8,16H,7H2,(H2,23,24)(H,26,30)(H,27,31). The molecule has 32 heavy (non-hydrogen) atoms. The molecule has 0 saturated carbocycles. The number of nitrogens with one attached hydrogen (secondary N) is 2. The predicted octanol–water partition coefficient (Wildman–Crippen LogP) is 2.86. The molecule has 2 aromatic heterocycles. The molecule has 0 saturated heterocycles. The quantitative estimate of drug-likeness (QED) is 0.379. The van der Waals surface area contributed by atoms with Crippen molar-refractivity contribution in [3.05, 3.63) is 58.7 Å². The first-order valence-electron chi connectivity index (χ1n) is 9.03. The molecule has 0 spiro atoms. The molecule has 0 bridgehead atoms. The van der Waals surface area contributed by atoms with Crippen LogP contribution < -0.4 is 16.6 Å². The van der Waals surface area contributed by atoms with Crippen molar-refractivity contribution in [1.29, 1.82) is 0 Å². The number of nitrogens with two attached hydrogens (primary N) is 1. The molecule has 0 aliphatic carbocycles.